The normalized spacial score (nSPS) is 21.5. The molecule has 2 N–H and O–H groups in total. The van der Waals surface area contributed by atoms with Crippen molar-refractivity contribution in [1.82, 2.24) is 5.32 Å². The third-order valence-electron chi connectivity index (χ3n) is 4.64. The van der Waals surface area contributed by atoms with E-state index in [0.29, 0.717) is 13.2 Å². The van der Waals surface area contributed by atoms with Crippen LogP contribution in [0, 0.1) is 5.92 Å². The molecule has 6 heteroatoms. The Morgan fingerprint density at radius 2 is 2.08 bits per heavy atom. The van der Waals surface area contributed by atoms with Crippen molar-refractivity contribution >= 4 is 23.2 Å². The number of benzene rings is 1. The van der Waals surface area contributed by atoms with Crippen molar-refractivity contribution in [2.24, 2.45) is 5.92 Å². The number of hydrogen-bond donors (Lipinski definition) is 2. The summed E-state index contributed by atoms with van der Waals surface area (Å²) in [6.45, 7) is 4.88. The highest BCUT2D eigenvalue weighted by Gasteiger charge is 2.26. The molecule has 0 unspecified atom stereocenters. The van der Waals surface area contributed by atoms with Gasteiger partial charge in [0.05, 0.1) is 12.5 Å². The Hall–Kier alpha value is -2.08. The van der Waals surface area contributed by atoms with Gasteiger partial charge in [0.25, 0.3) is 0 Å². The van der Waals surface area contributed by atoms with Crippen LogP contribution in [-0.2, 0) is 14.3 Å². The summed E-state index contributed by atoms with van der Waals surface area (Å²) in [5, 5.41) is 5.66. The van der Waals surface area contributed by atoms with Crippen molar-refractivity contribution in [3.8, 4) is 0 Å². The van der Waals surface area contributed by atoms with Gasteiger partial charge in [-0.15, -0.1) is 0 Å². The molecule has 2 saturated heterocycles. The van der Waals surface area contributed by atoms with Gasteiger partial charge in [-0.1, -0.05) is 6.07 Å². The fraction of sp³-hybridized carbons (Fsp3) is 0.556. The lowest BCUT2D eigenvalue weighted by molar-refractivity contribution is -0.129. The van der Waals surface area contributed by atoms with E-state index in [2.05, 4.69) is 21.6 Å². The average Bonchev–Trinajstić information content (AvgIpc) is 3.28. The third-order valence-corrected chi connectivity index (χ3v) is 4.64. The summed E-state index contributed by atoms with van der Waals surface area (Å²) < 4.78 is 5.21. The molecule has 1 aromatic carbocycles. The van der Waals surface area contributed by atoms with Gasteiger partial charge in [-0.25, -0.2) is 0 Å². The zero-order valence-electron chi connectivity index (χ0n) is 14.1. The number of nitrogens with zero attached hydrogens (tertiary/aromatic N) is 1. The van der Waals surface area contributed by atoms with E-state index < -0.39 is 6.04 Å². The average molecular weight is 331 g/mol. The van der Waals surface area contributed by atoms with Crippen LogP contribution in [0.3, 0.4) is 0 Å². The molecule has 130 valence electrons. The van der Waals surface area contributed by atoms with Gasteiger partial charge in [0.1, 0.15) is 6.04 Å². The lowest BCUT2D eigenvalue weighted by Gasteiger charge is -2.19. The van der Waals surface area contributed by atoms with Crippen molar-refractivity contribution in [2.45, 2.75) is 32.2 Å². The second kappa shape index (κ2) is 7.66. The predicted molar refractivity (Wildman–Crippen MR) is 93.0 cm³/mol. The maximum absolute atomic E-state index is 12.3. The molecule has 0 aromatic heterocycles. The highest BCUT2D eigenvalue weighted by Crippen LogP contribution is 2.23. The zero-order valence-corrected chi connectivity index (χ0v) is 14.1. The first-order valence-corrected chi connectivity index (χ1v) is 8.67. The van der Waals surface area contributed by atoms with Crippen LogP contribution in [0.2, 0.25) is 0 Å². The van der Waals surface area contributed by atoms with Crippen molar-refractivity contribution in [3.63, 3.8) is 0 Å². The molecular weight excluding hydrogens is 306 g/mol. The van der Waals surface area contributed by atoms with Crippen LogP contribution in [0.15, 0.2) is 24.3 Å². The van der Waals surface area contributed by atoms with Gasteiger partial charge in [0.15, 0.2) is 0 Å². The van der Waals surface area contributed by atoms with Crippen LogP contribution in [0.25, 0.3) is 0 Å². The molecule has 2 atom stereocenters. The first-order chi connectivity index (χ1) is 11.6. The van der Waals surface area contributed by atoms with E-state index in [1.807, 2.05) is 18.2 Å². The summed E-state index contributed by atoms with van der Waals surface area (Å²) in [5.41, 5.74) is 1.89. The number of nitrogens with one attached hydrogen (secondary N) is 2. The van der Waals surface area contributed by atoms with Crippen molar-refractivity contribution in [1.29, 1.82) is 0 Å². The summed E-state index contributed by atoms with van der Waals surface area (Å²) in [5.74, 6) is -0.458. The molecule has 2 fully saturated rings. The highest BCUT2D eigenvalue weighted by atomic mass is 16.5. The van der Waals surface area contributed by atoms with Crippen molar-refractivity contribution in [3.05, 3.63) is 24.3 Å². The lowest BCUT2D eigenvalue weighted by atomic mass is 10.1. The topological polar surface area (TPSA) is 70.7 Å². The summed E-state index contributed by atoms with van der Waals surface area (Å²) >= 11 is 0. The molecule has 24 heavy (non-hydrogen) atoms. The van der Waals surface area contributed by atoms with Gasteiger partial charge in [-0.3, -0.25) is 9.59 Å². The van der Waals surface area contributed by atoms with Gasteiger partial charge in [0.2, 0.25) is 11.8 Å². The molecule has 2 aliphatic heterocycles. The van der Waals surface area contributed by atoms with Gasteiger partial charge < -0.3 is 20.3 Å². The minimum atomic E-state index is -0.575. The molecule has 3 rings (SSSR count). The zero-order chi connectivity index (χ0) is 16.9. The Kier molecular flexibility index (Phi) is 5.35. The number of amides is 2. The molecule has 2 aliphatic rings. The third kappa shape index (κ3) is 4.06. The summed E-state index contributed by atoms with van der Waals surface area (Å²) in [6, 6.07) is 7.29. The fourth-order valence-corrected chi connectivity index (χ4v) is 3.14. The number of carbonyl (C=O) groups is 2. The maximum atomic E-state index is 12.3. The smallest absolute Gasteiger partial charge is 0.246 e. The SMILES string of the molecule is C[C@@H](NC(=O)[C@@H]1CCOC1)C(=O)Nc1cccc(N2CCCC2)c1. The van der Waals surface area contributed by atoms with E-state index in [4.69, 9.17) is 4.74 Å². The highest BCUT2D eigenvalue weighted by molar-refractivity contribution is 5.97. The number of hydrogen-bond acceptors (Lipinski definition) is 4. The van der Waals surface area contributed by atoms with E-state index in [-0.39, 0.29) is 17.7 Å². The fourth-order valence-electron chi connectivity index (χ4n) is 3.14. The Balaban J connectivity index is 1.55. The van der Waals surface area contributed by atoms with Gasteiger partial charge in [-0.2, -0.15) is 0 Å². The molecule has 0 radical (unpaired) electrons. The molecule has 0 aliphatic carbocycles. The van der Waals surface area contributed by atoms with Crippen LogP contribution in [0.1, 0.15) is 26.2 Å². The monoisotopic (exact) mass is 331 g/mol. The minimum absolute atomic E-state index is 0.110. The number of anilines is 2. The molecular formula is C18H25N3O3. The second-order valence-electron chi connectivity index (χ2n) is 6.52. The van der Waals surface area contributed by atoms with Crippen LogP contribution < -0.4 is 15.5 Å². The van der Waals surface area contributed by atoms with Gasteiger partial charge in [0, 0.05) is 31.1 Å². The molecule has 6 nitrogen and oxygen atoms in total. The standard InChI is InChI=1S/C18H25N3O3/c1-13(19-18(23)14-7-10-24-12-14)17(22)20-15-5-4-6-16(11-15)21-8-2-3-9-21/h4-6,11,13-14H,2-3,7-10,12H2,1H3,(H,19,23)(H,20,22)/t13-,14-/m1/s1. The Morgan fingerprint density at radius 3 is 2.79 bits per heavy atom. The summed E-state index contributed by atoms with van der Waals surface area (Å²) in [4.78, 5) is 26.7. The van der Waals surface area contributed by atoms with E-state index in [9.17, 15) is 9.59 Å². The second-order valence-corrected chi connectivity index (χ2v) is 6.52. The lowest BCUT2D eigenvalue weighted by Crippen LogP contribution is -2.44. The Bertz CT molecular complexity index is 593. The van der Waals surface area contributed by atoms with Crippen molar-refractivity contribution in [2.75, 3.05) is 36.5 Å². The molecule has 0 saturated carbocycles. The first-order valence-electron chi connectivity index (χ1n) is 8.67. The van der Waals surface area contributed by atoms with E-state index >= 15 is 0 Å². The van der Waals surface area contributed by atoms with Gasteiger partial charge >= 0.3 is 0 Å². The van der Waals surface area contributed by atoms with Crippen LogP contribution in [0.4, 0.5) is 11.4 Å². The molecule has 0 bridgehead atoms. The van der Waals surface area contributed by atoms with Crippen LogP contribution in [-0.4, -0.2) is 44.2 Å². The molecule has 1 aromatic rings. The number of rotatable bonds is 5. The molecule has 0 spiro atoms. The Labute approximate surface area is 142 Å². The number of carbonyl (C=O) groups excluding carboxylic acids is 2. The van der Waals surface area contributed by atoms with Gasteiger partial charge in [-0.05, 0) is 44.4 Å². The molecule has 2 amide bonds. The van der Waals surface area contributed by atoms with Crippen molar-refractivity contribution < 1.29 is 14.3 Å². The van der Waals surface area contributed by atoms with E-state index in [1.165, 1.54) is 12.8 Å². The summed E-state index contributed by atoms with van der Waals surface area (Å²) in [7, 11) is 0. The van der Waals surface area contributed by atoms with Crippen LogP contribution >= 0.6 is 0 Å². The van der Waals surface area contributed by atoms with E-state index in [1.54, 1.807) is 6.92 Å². The quantitative estimate of drug-likeness (QED) is 0.863. The van der Waals surface area contributed by atoms with E-state index in [0.717, 1.165) is 30.9 Å². The van der Waals surface area contributed by atoms with Crippen LogP contribution in [0.5, 0.6) is 0 Å². The minimum Gasteiger partial charge on any atom is -0.381 e. The first kappa shape index (κ1) is 16.8. The summed E-state index contributed by atoms with van der Waals surface area (Å²) in [6.07, 6.45) is 3.15. The number of ether oxygens (including phenoxy) is 1. The maximum Gasteiger partial charge on any atom is 0.246 e. The Morgan fingerprint density at radius 1 is 1.29 bits per heavy atom. The predicted octanol–water partition coefficient (Wildman–Crippen LogP) is 1.77. The largest absolute Gasteiger partial charge is 0.381 e. The molecule has 2 heterocycles.